The Morgan fingerprint density at radius 3 is 2.47 bits per heavy atom. The van der Waals surface area contributed by atoms with Crippen LogP contribution in [0.4, 0.5) is 0 Å². The minimum atomic E-state index is -0.109. The van der Waals surface area contributed by atoms with Crippen LogP contribution >= 0.6 is 0 Å². The Labute approximate surface area is 105 Å². The van der Waals surface area contributed by atoms with E-state index in [1.54, 1.807) is 0 Å². The van der Waals surface area contributed by atoms with E-state index in [1.165, 1.54) is 5.56 Å². The SMILES string of the molecule is CCNC(C)c1ccccc1OC(C)(C)CC. The van der Waals surface area contributed by atoms with E-state index in [-0.39, 0.29) is 5.60 Å². The van der Waals surface area contributed by atoms with Crippen LogP contribution in [0.1, 0.15) is 52.6 Å². The molecule has 2 nitrogen and oxygen atoms in total. The average molecular weight is 235 g/mol. The first-order chi connectivity index (χ1) is 8.00. The summed E-state index contributed by atoms with van der Waals surface area (Å²) in [7, 11) is 0. The smallest absolute Gasteiger partial charge is 0.124 e. The van der Waals surface area contributed by atoms with Crippen LogP contribution in [0.3, 0.4) is 0 Å². The summed E-state index contributed by atoms with van der Waals surface area (Å²) in [6.07, 6.45) is 0.997. The van der Waals surface area contributed by atoms with Crippen LogP contribution in [0.25, 0.3) is 0 Å². The van der Waals surface area contributed by atoms with Crippen LogP contribution in [0.15, 0.2) is 24.3 Å². The van der Waals surface area contributed by atoms with E-state index in [9.17, 15) is 0 Å². The molecule has 2 heteroatoms. The molecule has 0 aromatic heterocycles. The van der Waals surface area contributed by atoms with E-state index in [0.717, 1.165) is 18.7 Å². The molecule has 0 aliphatic carbocycles. The van der Waals surface area contributed by atoms with Gasteiger partial charge in [0.15, 0.2) is 0 Å². The highest BCUT2D eigenvalue weighted by atomic mass is 16.5. The molecule has 1 rings (SSSR count). The molecule has 1 aromatic carbocycles. The second kappa shape index (κ2) is 6.06. The van der Waals surface area contributed by atoms with Gasteiger partial charge in [0.05, 0.1) is 0 Å². The van der Waals surface area contributed by atoms with Crippen molar-refractivity contribution in [2.24, 2.45) is 0 Å². The van der Waals surface area contributed by atoms with Gasteiger partial charge in [-0.1, -0.05) is 32.0 Å². The summed E-state index contributed by atoms with van der Waals surface area (Å²) < 4.78 is 6.11. The van der Waals surface area contributed by atoms with Crippen molar-refractivity contribution >= 4 is 0 Å². The van der Waals surface area contributed by atoms with Crippen molar-refractivity contribution < 1.29 is 4.74 Å². The van der Waals surface area contributed by atoms with Gasteiger partial charge in [0, 0.05) is 11.6 Å². The van der Waals surface area contributed by atoms with Gasteiger partial charge in [-0.2, -0.15) is 0 Å². The van der Waals surface area contributed by atoms with Crippen molar-refractivity contribution in [3.8, 4) is 5.75 Å². The fourth-order valence-corrected chi connectivity index (χ4v) is 1.72. The van der Waals surface area contributed by atoms with E-state index < -0.39 is 0 Å². The van der Waals surface area contributed by atoms with E-state index in [2.05, 4.69) is 58.1 Å². The summed E-state index contributed by atoms with van der Waals surface area (Å²) in [4.78, 5) is 0. The third-order valence-electron chi connectivity index (χ3n) is 3.13. The molecule has 1 aromatic rings. The lowest BCUT2D eigenvalue weighted by atomic mass is 10.0. The van der Waals surface area contributed by atoms with Crippen LogP contribution in [-0.2, 0) is 0 Å². The van der Waals surface area contributed by atoms with Crippen molar-refractivity contribution in [2.45, 2.75) is 52.7 Å². The molecule has 0 aliphatic rings. The number of hydrogen-bond donors (Lipinski definition) is 1. The molecule has 0 heterocycles. The molecule has 0 bridgehead atoms. The Hall–Kier alpha value is -1.02. The quantitative estimate of drug-likeness (QED) is 0.806. The number of para-hydroxylation sites is 1. The first-order valence-electron chi connectivity index (χ1n) is 6.51. The Kier molecular flexibility index (Phi) is 5.01. The highest BCUT2D eigenvalue weighted by Gasteiger charge is 2.19. The zero-order valence-electron chi connectivity index (χ0n) is 11.7. The average Bonchev–Trinajstić information content (AvgIpc) is 2.29. The van der Waals surface area contributed by atoms with Crippen molar-refractivity contribution in [1.29, 1.82) is 0 Å². The zero-order chi connectivity index (χ0) is 12.9. The zero-order valence-corrected chi connectivity index (χ0v) is 11.7. The van der Waals surface area contributed by atoms with Gasteiger partial charge in [-0.25, -0.2) is 0 Å². The summed E-state index contributed by atoms with van der Waals surface area (Å²) in [6, 6.07) is 8.61. The maximum absolute atomic E-state index is 6.11. The first kappa shape index (κ1) is 14.0. The molecule has 0 aliphatic heterocycles. The molecule has 1 unspecified atom stereocenters. The van der Waals surface area contributed by atoms with Gasteiger partial charge < -0.3 is 10.1 Å². The molecule has 0 saturated heterocycles. The minimum Gasteiger partial charge on any atom is -0.488 e. The maximum Gasteiger partial charge on any atom is 0.124 e. The molecule has 0 radical (unpaired) electrons. The lowest BCUT2D eigenvalue weighted by Crippen LogP contribution is -2.28. The highest BCUT2D eigenvalue weighted by Crippen LogP contribution is 2.29. The van der Waals surface area contributed by atoms with E-state index in [0.29, 0.717) is 6.04 Å². The standard InChI is InChI=1S/C15H25NO/c1-6-15(4,5)17-14-11-9-8-10-13(14)12(3)16-7-2/h8-12,16H,6-7H2,1-5H3. The lowest BCUT2D eigenvalue weighted by Gasteiger charge is -2.27. The number of ether oxygens (including phenoxy) is 1. The van der Waals surface area contributed by atoms with Gasteiger partial charge in [-0.15, -0.1) is 0 Å². The predicted octanol–water partition coefficient (Wildman–Crippen LogP) is 3.92. The van der Waals surface area contributed by atoms with Crippen LogP contribution in [0.5, 0.6) is 5.75 Å². The van der Waals surface area contributed by atoms with Gasteiger partial charge in [-0.05, 0) is 39.8 Å². The Bertz CT molecular complexity index is 347. The summed E-state index contributed by atoms with van der Waals surface area (Å²) in [6.45, 7) is 11.7. The molecular weight excluding hydrogens is 210 g/mol. The molecule has 1 atom stereocenters. The van der Waals surface area contributed by atoms with Crippen molar-refractivity contribution in [3.63, 3.8) is 0 Å². The van der Waals surface area contributed by atoms with Crippen molar-refractivity contribution in [3.05, 3.63) is 29.8 Å². The molecule has 17 heavy (non-hydrogen) atoms. The lowest BCUT2D eigenvalue weighted by molar-refractivity contribution is 0.103. The molecule has 0 amide bonds. The van der Waals surface area contributed by atoms with E-state index in [1.807, 2.05) is 6.07 Å². The number of hydrogen-bond acceptors (Lipinski definition) is 2. The molecule has 0 saturated carbocycles. The maximum atomic E-state index is 6.11. The summed E-state index contributed by atoms with van der Waals surface area (Å²) in [5, 5.41) is 3.43. The fraction of sp³-hybridized carbons (Fsp3) is 0.600. The van der Waals surface area contributed by atoms with Gasteiger partial charge in [0.1, 0.15) is 11.4 Å². The molecule has 96 valence electrons. The highest BCUT2D eigenvalue weighted by molar-refractivity contribution is 5.36. The van der Waals surface area contributed by atoms with E-state index >= 15 is 0 Å². The number of benzene rings is 1. The normalized spacial score (nSPS) is 13.5. The third kappa shape index (κ3) is 4.04. The second-order valence-electron chi connectivity index (χ2n) is 5.03. The molecule has 1 N–H and O–H groups in total. The van der Waals surface area contributed by atoms with Crippen LogP contribution in [-0.4, -0.2) is 12.1 Å². The molecular formula is C15H25NO. The van der Waals surface area contributed by atoms with Gasteiger partial charge >= 0.3 is 0 Å². The molecule has 0 spiro atoms. The van der Waals surface area contributed by atoms with Gasteiger partial charge in [-0.3, -0.25) is 0 Å². The molecule has 0 fully saturated rings. The largest absolute Gasteiger partial charge is 0.488 e. The Morgan fingerprint density at radius 2 is 1.88 bits per heavy atom. The van der Waals surface area contributed by atoms with Crippen LogP contribution in [0.2, 0.25) is 0 Å². The predicted molar refractivity (Wildman–Crippen MR) is 73.5 cm³/mol. The van der Waals surface area contributed by atoms with Crippen LogP contribution < -0.4 is 10.1 Å². The summed E-state index contributed by atoms with van der Waals surface area (Å²) in [5.74, 6) is 0.993. The van der Waals surface area contributed by atoms with Crippen molar-refractivity contribution in [1.82, 2.24) is 5.32 Å². The summed E-state index contributed by atoms with van der Waals surface area (Å²) >= 11 is 0. The second-order valence-corrected chi connectivity index (χ2v) is 5.03. The van der Waals surface area contributed by atoms with Gasteiger partial charge in [0.25, 0.3) is 0 Å². The summed E-state index contributed by atoms with van der Waals surface area (Å²) in [5.41, 5.74) is 1.12. The van der Waals surface area contributed by atoms with Crippen molar-refractivity contribution in [2.75, 3.05) is 6.54 Å². The number of rotatable bonds is 6. The first-order valence-corrected chi connectivity index (χ1v) is 6.51. The Balaban J connectivity index is 2.92. The Morgan fingerprint density at radius 1 is 1.24 bits per heavy atom. The van der Waals surface area contributed by atoms with Crippen LogP contribution in [0, 0.1) is 0 Å². The minimum absolute atomic E-state index is 0.109. The van der Waals surface area contributed by atoms with E-state index in [4.69, 9.17) is 4.74 Å². The fourth-order valence-electron chi connectivity index (χ4n) is 1.72. The third-order valence-corrected chi connectivity index (χ3v) is 3.13. The van der Waals surface area contributed by atoms with Gasteiger partial charge in [0.2, 0.25) is 0 Å². The number of nitrogens with one attached hydrogen (secondary N) is 1. The monoisotopic (exact) mass is 235 g/mol. The topological polar surface area (TPSA) is 21.3 Å².